The van der Waals surface area contributed by atoms with Gasteiger partial charge in [-0.3, -0.25) is 9.59 Å². The van der Waals surface area contributed by atoms with Gasteiger partial charge in [-0.15, -0.1) is 0 Å². The molecule has 0 amide bonds. The second kappa shape index (κ2) is 7.76. The molecule has 116 valence electrons. The molecule has 0 unspecified atom stereocenters. The van der Waals surface area contributed by atoms with Gasteiger partial charge < -0.3 is 9.15 Å². The first-order chi connectivity index (χ1) is 9.90. The topological polar surface area (TPSA) is 73.6 Å². The van der Waals surface area contributed by atoms with Crippen LogP contribution in [-0.2, 0) is 20.7 Å². The first kappa shape index (κ1) is 17.1. The number of aryl methyl sites for hydroxylation is 1. The van der Waals surface area contributed by atoms with E-state index in [0.717, 1.165) is 6.42 Å². The van der Waals surface area contributed by atoms with Gasteiger partial charge in [0.05, 0.1) is 19.4 Å². The summed E-state index contributed by atoms with van der Waals surface area (Å²) in [7, 11) is 0. The lowest BCUT2D eigenvalue weighted by Crippen LogP contribution is -2.11. The Labute approximate surface area is 124 Å². The number of esters is 1. The van der Waals surface area contributed by atoms with Crippen molar-refractivity contribution in [3.05, 3.63) is 22.6 Å². The smallest absolute Gasteiger partial charge is 0.341 e. The monoisotopic (exact) mass is 294 g/mol. The minimum Gasteiger partial charge on any atom is -0.465 e. The van der Waals surface area contributed by atoms with Gasteiger partial charge in [0.15, 0.2) is 0 Å². The molecular formula is C16H22O5. The maximum absolute atomic E-state index is 11.9. The minimum absolute atomic E-state index is 0.0293. The third-order valence-corrected chi connectivity index (χ3v) is 3.18. The Morgan fingerprint density at radius 3 is 2.33 bits per heavy atom. The average molecular weight is 294 g/mol. The fourth-order valence-electron chi connectivity index (χ4n) is 2.21. The van der Waals surface area contributed by atoms with Crippen molar-refractivity contribution in [2.75, 3.05) is 6.61 Å². The summed E-state index contributed by atoms with van der Waals surface area (Å²) in [5.41, 5.74) is 0.988. The highest BCUT2D eigenvalue weighted by molar-refractivity contribution is 6.00. The van der Waals surface area contributed by atoms with Gasteiger partial charge in [0.1, 0.15) is 28.7 Å². The number of rotatable bonds is 8. The summed E-state index contributed by atoms with van der Waals surface area (Å²) in [6.45, 7) is 7.29. The zero-order chi connectivity index (χ0) is 16.0. The Balaban J connectivity index is 2.81. The van der Waals surface area contributed by atoms with Crippen molar-refractivity contribution in [3.8, 4) is 0 Å². The van der Waals surface area contributed by atoms with Crippen molar-refractivity contribution in [2.45, 2.75) is 53.4 Å². The first-order valence-corrected chi connectivity index (χ1v) is 7.20. The molecule has 0 saturated carbocycles. The van der Waals surface area contributed by atoms with Gasteiger partial charge in [0.2, 0.25) is 0 Å². The van der Waals surface area contributed by atoms with Crippen molar-refractivity contribution >= 4 is 17.5 Å². The maximum atomic E-state index is 11.9. The zero-order valence-electron chi connectivity index (χ0n) is 13.1. The molecule has 1 aromatic heterocycles. The molecule has 1 rings (SSSR count). The van der Waals surface area contributed by atoms with Crippen LogP contribution in [0.3, 0.4) is 0 Å². The summed E-state index contributed by atoms with van der Waals surface area (Å²) in [4.78, 5) is 35.2. The van der Waals surface area contributed by atoms with Crippen molar-refractivity contribution in [3.63, 3.8) is 0 Å². The quantitative estimate of drug-likeness (QED) is 0.544. The van der Waals surface area contributed by atoms with Gasteiger partial charge in [-0.25, -0.2) is 4.79 Å². The van der Waals surface area contributed by atoms with Gasteiger partial charge in [-0.1, -0.05) is 6.92 Å². The van der Waals surface area contributed by atoms with Crippen LogP contribution in [0.25, 0.3) is 0 Å². The van der Waals surface area contributed by atoms with E-state index < -0.39 is 5.97 Å². The number of carbonyl (C=O) groups is 3. The molecule has 5 heteroatoms. The summed E-state index contributed by atoms with van der Waals surface area (Å²) in [5.74, 6) is 0.172. The van der Waals surface area contributed by atoms with E-state index in [9.17, 15) is 14.4 Å². The molecule has 0 fully saturated rings. The van der Waals surface area contributed by atoms with Crippen LogP contribution in [0.4, 0.5) is 0 Å². The Kier molecular flexibility index (Phi) is 6.34. The minimum atomic E-state index is -0.447. The molecule has 0 aromatic carbocycles. The number of hydrogen-bond acceptors (Lipinski definition) is 5. The number of carbonyl (C=O) groups excluding carboxylic acids is 3. The molecule has 0 aliphatic heterocycles. The standard InChI is InChI=1S/C16H22O5/c1-5-7-12(17)8-13(18)9-14-10(3)15(11(4)21-14)16(19)20-6-2/h5-9H2,1-4H3. The van der Waals surface area contributed by atoms with Gasteiger partial charge in [0.25, 0.3) is 0 Å². The molecule has 21 heavy (non-hydrogen) atoms. The molecule has 0 atom stereocenters. The summed E-state index contributed by atoms with van der Waals surface area (Å²) in [6, 6.07) is 0. The molecule has 0 aliphatic rings. The fourth-order valence-corrected chi connectivity index (χ4v) is 2.21. The molecule has 0 radical (unpaired) electrons. The van der Waals surface area contributed by atoms with Crippen LogP contribution >= 0.6 is 0 Å². The second-order valence-electron chi connectivity index (χ2n) is 4.98. The molecule has 0 spiro atoms. The largest absolute Gasteiger partial charge is 0.465 e. The van der Waals surface area contributed by atoms with Crippen LogP contribution in [0.1, 0.15) is 60.6 Å². The Morgan fingerprint density at radius 1 is 1.10 bits per heavy atom. The van der Waals surface area contributed by atoms with Crippen LogP contribution in [0.15, 0.2) is 4.42 Å². The highest BCUT2D eigenvalue weighted by Crippen LogP contribution is 2.23. The normalized spacial score (nSPS) is 10.5. The number of hydrogen-bond donors (Lipinski definition) is 0. The van der Waals surface area contributed by atoms with E-state index >= 15 is 0 Å². The molecule has 1 aromatic rings. The van der Waals surface area contributed by atoms with Crippen molar-refractivity contribution < 1.29 is 23.5 Å². The van der Waals surface area contributed by atoms with Gasteiger partial charge in [-0.05, 0) is 27.2 Å². The summed E-state index contributed by atoms with van der Waals surface area (Å²) in [6.07, 6.45) is 1.09. The van der Waals surface area contributed by atoms with E-state index in [0.29, 0.717) is 29.1 Å². The van der Waals surface area contributed by atoms with Crippen molar-refractivity contribution in [1.29, 1.82) is 0 Å². The number of furan rings is 1. The maximum Gasteiger partial charge on any atom is 0.341 e. The van der Waals surface area contributed by atoms with Crippen molar-refractivity contribution in [1.82, 2.24) is 0 Å². The van der Waals surface area contributed by atoms with Crippen LogP contribution in [0, 0.1) is 13.8 Å². The summed E-state index contributed by atoms with van der Waals surface area (Å²) >= 11 is 0. The zero-order valence-corrected chi connectivity index (χ0v) is 13.1. The Morgan fingerprint density at radius 2 is 1.76 bits per heavy atom. The lowest BCUT2D eigenvalue weighted by molar-refractivity contribution is -0.126. The van der Waals surface area contributed by atoms with E-state index in [1.807, 2.05) is 6.92 Å². The van der Waals surface area contributed by atoms with Gasteiger partial charge in [0, 0.05) is 12.0 Å². The third kappa shape index (κ3) is 4.55. The highest BCUT2D eigenvalue weighted by Gasteiger charge is 2.23. The highest BCUT2D eigenvalue weighted by atomic mass is 16.5. The molecule has 1 heterocycles. The average Bonchev–Trinajstić information content (AvgIpc) is 2.64. The van der Waals surface area contributed by atoms with Crippen molar-refractivity contribution in [2.24, 2.45) is 0 Å². The Bertz CT molecular complexity index is 539. The molecular weight excluding hydrogens is 272 g/mol. The van der Waals surface area contributed by atoms with E-state index in [-0.39, 0.29) is 31.0 Å². The first-order valence-electron chi connectivity index (χ1n) is 7.20. The van der Waals surface area contributed by atoms with E-state index in [1.165, 1.54) is 0 Å². The van der Waals surface area contributed by atoms with Crippen LogP contribution in [0.2, 0.25) is 0 Å². The van der Waals surface area contributed by atoms with E-state index in [4.69, 9.17) is 9.15 Å². The number of Topliss-reactive ketones (excluding diaryl/α,β-unsaturated/α-hetero) is 2. The summed E-state index contributed by atoms with van der Waals surface area (Å²) < 4.78 is 10.5. The number of ketones is 2. The molecule has 5 nitrogen and oxygen atoms in total. The summed E-state index contributed by atoms with van der Waals surface area (Å²) in [5, 5.41) is 0. The third-order valence-electron chi connectivity index (χ3n) is 3.18. The van der Waals surface area contributed by atoms with Gasteiger partial charge >= 0.3 is 5.97 Å². The van der Waals surface area contributed by atoms with E-state index in [2.05, 4.69) is 0 Å². The molecule has 0 bridgehead atoms. The van der Waals surface area contributed by atoms with Gasteiger partial charge in [-0.2, -0.15) is 0 Å². The van der Waals surface area contributed by atoms with E-state index in [1.54, 1.807) is 20.8 Å². The molecule has 0 aliphatic carbocycles. The molecule has 0 saturated heterocycles. The Hall–Kier alpha value is -1.91. The predicted octanol–water partition coefficient (Wildman–Crippen LogP) is 2.94. The van der Waals surface area contributed by atoms with Crippen LogP contribution < -0.4 is 0 Å². The number of ether oxygens (including phenoxy) is 1. The lowest BCUT2D eigenvalue weighted by atomic mass is 10.0. The predicted molar refractivity (Wildman–Crippen MR) is 77.4 cm³/mol. The SMILES string of the molecule is CCCC(=O)CC(=O)Cc1oc(C)c(C(=O)OCC)c1C. The second-order valence-corrected chi connectivity index (χ2v) is 4.98. The molecule has 0 N–H and O–H groups in total. The van der Waals surface area contributed by atoms with Crippen LogP contribution in [-0.4, -0.2) is 24.1 Å². The lowest BCUT2D eigenvalue weighted by Gasteiger charge is -2.01. The fraction of sp³-hybridized carbons (Fsp3) is 0.562. The van der Waals surface area contributed by atoms with Crippen LogP contribution in [0.5, 0.6) is 0 Å².